The average Bonchev–Trinajstić information content (AvgIpc) is 2.03. The van der Waals surface area contributed by atoms with E-state index in [-0.39, 0.29) is 5.91 Å². The van der Waals surface area contributed by atoms with Gasteiger partial charge in [-0.15, -0.1) is 23.5 Å². The summed E-state index contributed by atoms with van der Waals surface area (Å²) in [5.41, 5.74) is 0. The summed E-state index contributed by atoms with van der Waals surface area (Å²) >= 11 is 3.27. The molecule has 0 heterocycles. The lowest BCUT2D eigenvalue weighted by Gasteiger charge is -2.17. The van der Waals surface area contributed by atoms with E-state index in [0.29, 0.717) is 0 Å². The molecule has 0 radical (unpaired) electrons. The van der Waals surface area contributed by atoms with Crippen LogP contribution in [0, 0.1) is 0 Å². The molecule has 0 saturated carbocycles. The summed E-state index contributed by atoms with van der Waals surface area (Å²) < 4.78 is 0. The van der Waals surface area contributed by atoms with Gasteiger partial charge in [-0.3, -0.25) is 4.79 Å². The lowest BCUT2D eigenvalue weighted by atomic mass is 10.5. The van der Waals surface area contributed by atoms with E-state index in [9.17, 15) is 4.79 Å². The van der Waals surface area contributed by atoms with E-state index in [0.717, 1.165) is 11.8 Å². The van der Waals surface area contributed by atoms with Crippen LogP contribution in [0.4, 0.5) is 0 Å². The quantitative estimate of drug-likeness (QED) is 0.487. The third-order valence-corrected chi connectivity index (χ3v) is 2.20. The molecule has 0 unspecified atom stereocenters. The van der Waals surface area contributed by atoms with Crippen molar-refractivity contribution in [3.8, 4) is 0 Å². The summed E-state index contributed by atoms with van der Waals surface area (Å²) in [6.07, 6.45) is 5.31. The van der Waals surface area contributed by atoms with Gasteiger partial charge in [-0.05, 0) is 18.6 Å². The molecule has 0 rings (SSSR count). The van der Waals surface area contributed by atoms with Crippen LogP contribution < -0.4 is 0 Å². The first-order chi connectivity index (χ1) is 5.26. The number of hydrogen-bond acceptors (Lipinski definition) is 3. The first-order valence-electron chi connectivity index (χ1n) is 3.15. The highest BCUT2D eigenvalue weighted by atomic mass is 32.2. The second kappa shape index (κ2) is 6.61. The van der Waals surface area contributed by atoms with E-state index in [1.54, 1.807) is 28.4 Å². The Hall–Kier alpha value is -0.0900. The highest BCUT2D eigenvalue weighted by Crippen LogP contribution is 2.05. The van der Waals surface area contributed by atoms with Crippen molar-refractivity contribution in [2.75, 3.05) is 24.3 Å². The maximum absolute atomic E-state index is 11.1. The Balaban J connectivity index is 3.86. The highest BCUT2D eigenvalue weighted by molar-refractivity contribution is 7.99. The summed E-state index contributed by atoms with van der Waals surface area (Å²) in [7, 11) is 0. The van der Waals surface area contributed by atoms with E-state index in [2.05, 4.69) is 6.58 Å². The van der Waals surface area contributed by atoms with Crippen LogP contribution in [0.3, 0.4) is 0 Å². The zero-order valence-electron chi connectivity index (χ0n) is 6.87. The molecule has 0 N–H and O–H groups in total. The van der Waals surface area contributed by atoms with Crippen LogP contribution in [-0.2, 0) is 4.79 Å². The van der Waals surface area contributed by atoms with Crippen molar-refractivity contribution in [2.45, 2.75) is 0 Å². The Morgan fingerprint density at radius 2 is 1.91 bits per heavy atom. The molecule has 0 aliphatic rings. The number of carbonyl (C=O) groups is 1. The first-order valence-corrected chi connectivity index (χ1v) is 5.94. The number of nitrogens with zero attached hydrogens (tertiary/aromatic N) is 1. The lowest BCUT2D eigenvalue weighted by molar-refractivity contribution is -0.124. The Bertz CT molecular complexity index is 132. The van der Waals surface area contributed by atoms with E-state index >= 15 is 0 Å². The molecule has 0 aromatic heterocycles. The monoisotopic (exact) mass is 191 g/mol. The van der Waals surface area contributed by atoms with Crippen LogP contribution in [0.25, 0.3) is 0 Å². The van der Waals surface area contributed by atoms with Crippen LogP contribution in [0.1, 0.15) is 0 Å². The van der Waals surface area contributed by atoms with Crippen LogP contribution in [0.15, 0.2) is 12.7 Å². The van der Waals surface area contributed by atoms with Crippen molar-refractivity contribution in [1.82, 2.24) is 4.90 Å². The minimum Gasteiger partial charge on any atom is -0.321 e. The largest absolute Gasteiger partial charge is 0.321 e. The summed E-state index contributed by atoms with van der Waals surface area (Å²) in [4.78, 5) is 12.8. The van der Waals surface area contributed by atoms with Gasteiger partial charge < -0.3 is 4.90 Å². The van der Waals surface area contributed by atoms with Crippen LogP contribution in [-0.4, -0.2) is 35.1 Å². The second-order valence-electron chi connectivity index (χ2n) is 1.92. The normalized spacial score (nSPS) is 9.27. The topological polar surface area (TPSA) is 20.3 Å². The third-order valence-electron chi connectivity index (χ3n) is 1.06. The zero-order valence-corrected chi connectivity index (χ0v) is 8.50. The van der Waals surface area contributed by atoms with Crippen molar-refractivity contribution >= 4 is 29.4 Å². The molecule has 0 saturated heterocycles. The molecule has 1 amide bonds. The highest BCUT2D eigenvalue weighted by Gasteiger charge is 2.06. The molecule has 0 aromatic rings. The Kier molecular flexibility index (Phi) is 6.56. The summed E-state index contributed by atoms with van der Waals surface area (Å²) in [6.45, 7) is 3.44. The molecule has 0 aromatic carbocycles. The summed E-state index contributed by atoms with van der Waals surface area (Å²) in [6, 6.07) is 0. The molecule has 0 fully saturated rings. The number of thioether (sulfide) groups is 2. The molecular formula is C7H13NOS2. The average molecular weight is 191 g/mol. The van der Waals surface area contributed by atoms with Crippen molar-refractivity contribution in [1.29, 1.82) is 0 Å². The van der Waals surface area contributed by atoms with Crippen LogP contribution >= 0.6 is 23.5 Å². The number of carbonyl (C=O) groups excluding carboxylic acids is 1. The van der Waals surface area contributed by atoms with E-state index in [1.807, 2.05) is 12.5 Å². The molecule has 0 spiro atoms. The van der Waals surface area contributed by atoms with Gasteiger partial charge in [-0.2, -0.15) is 0 Å². The van der Waals surface area contributed by atoms with Crippen molar-refractivity contribution < 1.29 is 4.79 Å². The first kappa shape index (κ1) is 10.9. The van der Waals surface area contributed by atoms with Gasteiger partial charge in [-0.1, -0.05) is 6.58 Å². The van der Waals surface area contributed by atoms with Gasteiger partial charge in [0.1, 0.15) is 0 Å². The summed E-state index contributed by atoms with van der Waals surface area (Å²) in [5.74, 6) is 1.49. The van der Waals surface area contributed by atoms with E-state index in [1.165, 1.54) is 6.08 Å². The van der Waals surface area contributed by atoms with Gasteiger partial charge in [0.15, 0.2) is 0 Å². The van der Waals surface area contributed by atoms with Gasteiger partial charge in [0.2, 0.25) is 5.91 Å². The third kappa shape index (κ3) is 4.37. The minimum absolute atomic E-state index is 0.00806. The maximum atomic E-state index is 11.1. The number of hydrogen-bond donors (Lipinski definition) is 0. The van der Waals surface area contributed by atoms with Crippen LogP contribution in [0.5, 0.6) is 0 Å². The van der Waals surface area contributed by atoms with Gasteiger partial charge in [0.25, 0.3) is 0 Å². The minimum atomic E-state index is 0.00806. The molecule has 0 aliphatic heterocycles. The summed E-state index contributed by atoms with van der Waals surface area (Å²) in [5, 5.41) is 0. The van der Waals surface area contributed by atoms with E-state index < -0.39 is 0 Å². The molecule has 0 aliphatic carbocycles. The lowest BCUT2D eigenvalue weighted by Crippen LogP contribution is -2.28. The fourth-order valence-electron chi connectivity index (χ4n) is 0.605. The van der Waals surface area contributed by atoms with Crippen LogP contribution in [0.2, 0.25) is 0 Å². The zero-order chi connectivity index (χ0) is 8.69. The molecule has 4 heteroatoms. The Morgan fingerprint density at radius 3 is 2.18 bits per heavy atom. The molecule has 11 heavy (non-hydrogen) atoms. The second-order valence-corrected chi connectivity index (χ2v) is 3.59. The van der Waals surface area contributed by atoms with Gasteiger partial charge >= 0.3 is 0 Å². The Labute approximate surface area is 76.4 Å². The van der Waals surface area contributed by atoms with Gasteiger partial charge in [0.05, 0.1) is 11.8 Å². The van der Waals surface area contributed by atoms with Crippen molar-refractivity contribution in [2.24, 2.45) is 0 Å². The fraction of sp³-hybridized carbons (Fsp3) is 0.571. The smallest absolute Gasteiger partial charge is 0.247 e. The molecule has 2 nitrogen and oxygen atoms in total. The predicted molar refractivity (Wildman–Crippen MR) is 53.8 cm³/mol. The van der Waals surface area contributed by atoms with Gasteiger partial charge in [0, 0.05) is 0 Å². The molecular weight excluding hydrogens is 178 g/mol. The standard InChI is InChI=1S/C7H13NOS2/c1-4-7(9)8(5-10-2)6-11-3/h4H,1,5-6H2,2-3H3. The molecule has 0 bridgehead atoms. The van der Waals surface area contributed by atoms with Crippen molar-refractivity contribution in [3.05, 3.63) is 12.7 Å². The molecule has 64 valence electrons. The van der Waals surface area contributed by atoms with Crippen molar-refractivity contribution in [3.63, 3.8) is 0 Å². The Morgan fingerprint density at radius 1 is 1.45 bits per heavy atom. The predicted octanol–water partition coefficient (Wildman–Crippen LogP) is 1.64. The number of rotatable bonds is 5. The SMILES string of the molecule is C=CC(=O)N(CSC)CSC. The van der Waals surface area contributed by atoms with Gasteiger partial charge in [-0.25, -0.2) is 0 Å². The fourth-order valence-corrected chi connectivity index (χ4v) is 1.78. The molecule has 0 atom stereocenters. The maximum Gasteiger partial charge on any atom is 0.247 e. The number of amides is 1. The van der Waals surface area contributed by atoms with E-state index in [4.69, 9.17) is 0 Å².